The van der Waals surface area contributed by atoms with Gasteiger partial charge in [-0.1, -0.05) is 30.3 Å². The van der Waals surface area contributed by atoms with E-state index >= 15 is 0 Å². The molecule has 1 nitrogen and oxygen atoms in total. The van der Waals surface area contributed by atoms with Gasteiger partial charge in [-0.25, -0.2) is 0 Å². The lowest BCUT2D eigenvalue weighted by molar-refractivity contribution is 1.30. The smallest absolute Gasteiger partial charge is 0.0346 e. The molecule has 0 amide bonds. The van der Waals surface area contributed by atoms with Gasteiger partial charge in [-0.05, 0) is 36.2 Å². The van der Waals surface area contributed by atoms with Gasteiger partial charge in [0.25, 0.3) is 0 Å². The summed E-state index contributed by atoms with van der Waals surface area (Å²) < 4.78 is 0. The maximum atomic E-state index is 5.88. The number of rotatable bonds is 3. The highest BCUT2D eigenvalue weighted by Gasteiger charge is 2.01. The highest BCUT2D eigenvalue weighted by molar-refractivity contribution is 7.98. The van der Waals surface area contributed by atoms with Gasteiger partial charge in [0.2, 0.25) is 0 Å². The summed E-state index contributed by atoms with van der Waals surface area (Å²) in [6, 6.07) is 16.5. The molecule has 0 aliphatic carbocycles. The fourth-order valence-electron chi connectivity index (χ4n) is 1.54. The molecular weight excluding hydrogens is 214 g/mol. The molecule has 2 aromatic carbocycles. The predicted molar refractivity (Wildman–Crippen MR) is 71.6 cm³/mol. The van der Waals surface area contributed by atoms with Gasteiger partial charge in [0.15, 0.2) is 0 Å². The lowest BCUT2D eigenvalue weighted by Crippen LogP contribution is -1.93. The molecule has 2 aromatic rings. The molecule has 0 atom stereocenters. The Morgan fingerprint density at radius 3 is 2.50 bits per heavy atom. The van der Waals surface area contributed by atoms with Crippen LogP contribution in [-0.4, -0.2) is 0 Å². The maximum absolute atomic E-state index is 5.88. The molecule has 0 fully saturated rings. The molecule has 0 saturated heterocycles. The third kappa shape index (κ3) is 2.58. The molecule has 0 saturated carbocycles. The van der Waals surface area contributed by atoms with Crippen molar-refractivity contribution in [1.29, 1.82) is 0 Å². The summed E-state index contributed by atoms with van der Waals surface area (Å²) in [5.74, 6) is 0.973. The minimum Gasteiger partial charge on any atom is -0.399 e. The molecule has 0 heterocycles. The topological polar surface area (TPSA) is 26.0 Å². The molecule has 2 N–H and O–H groups in total. The molecule has 0 spiro atoms. The van der Waals surface area contributed by atoms with Crippen LogP contribution in [-0.2, 0) is 5.75 Å². The van der Waals surface area contributed by atoms with Crippen LogP contribution in [0.4, 0.5) is 5.69 Å². The number of benzene rings is 2. The van der Waals surface area contributed by atoms with E-state index in [0.29, 0.717) is 0 Å². The first-order valence-electron chi connectivity index (χ1n) is 5.29. The van der Waals surface area contributed by atoms with Crippen LogP contribution in [0.2, 0.25) is 0 Å². The molecule has 0 aliphatic rings. The van der Waals surface area contributed by atoms with Gasteiger partial charge in [-0.15, -0.1) is 11.8 Å². The number of thioether (sulfide) groups is 1. The first kappa shape index (κ1) is 11.1. The molecule has 0 radical (unpaired) electrons. The molecule has 2 heteroatoms. The van der Waals surface area contributed by atoms with Crippen LogP contribution in [0.15, 0.2) is 53.4 Å². The Bertz CT molecular complexity index is 465. The fourth-order valence-corrected chi connectivity index (χ4v) is 2.52. The minimum absolute atomic E-state index is 0.881. The average Bonchev–Trinajstić information content (AvgIpc) is 2.32. The SMILES string of the molecule is Cc1c(N)cccc1CSc1ccccc1. The zero-order valence-corrected chi connectivity index (χ0v) is 10.1. The predicted octanol–water partition coefficient (Wildman–Crippen LogP) is 3.87. The van der Waals surface area contributed by atoms with Crippen LogP contribution in [0.25, 0.3) is 0 Å². The Morgan fingerprint density at radius 2 is 1.75 bits per heavy atom. The van der Waals surface area contributed by atoms with Gasteiger partial charge in [0.1, 0.15) is 0 Å². The molecule has 16 heavy (non-hydrogen) atoms. The zero-order valence-electron chi connectivity index (χ0n) is 9.31. The summed E-state index contributed by atoms with van der Waals surface area (Å²) in [5.41, 5.74) is 9.27. The van der Waals surface area contributed by atoms with Crippen LogP contribution in [0, 0.1) is 6.92 Å². The van der Waals surface area contributed by atoms with E-state index in [1.54, 1.807) is 0 Å². The zero-order chi connectivity index (χ0) is 11.4. The van der Waals surface area contributed by atoms with Crippen molar-refractivity contribution in [3.8, 4) is 0 Å². The lowest BCUT2D eigenvalue weighted by atomic mass is 10.1. The maximum Gasteiger partial charge on any atom is 0.0346 e. The van der Waals surface area contributed by atoms with Gasteiger partial charge in [0, 0.05) is 16.3 Å². The van der Waals surface area contributed by atoms with E-state index in [0.717, 1.165) is 11.4 Å². The normalized spacial score (nSPS) is 10.3. The second kappa shape index (κ2) is 5.08. The molecule has 0 aliphatic heterocycles. The third-order valence-corrected chi connectivity index (χ3v) is 3.69. The Morgan fingerprint density at radius 1 is 1.00 bits per heavy atom. The summed E-state index contributed by atoms with van der Waals surface area (Å²) in [4.78, 5) is 1.30. The number of nitrogens with two attached hydrogens (primary N) is 1. The van der Waals surface area contributed by atoms with Gasteiger partial charge in [0.05, 0.1) is 0 Å². The van der Waals surface area contributed by atoms with Crippen molar-refractivity contribution >= 4 is 17.4 Å². The first-order chi connectivity index (χ1) is 7.77. The Kier molecular flexibility index (Phi) is 3.52. The molecule has 0 unspecified atom stereocenters. The summed E-state index contributed by atoms with van der Waals surface area (Å²) in [6.07, 6.45) is 0. The summed E-state index contributed by atoms with van der Waals surface area (Å²) >= 11 is 1.84. The van der Waals surface area contributed by atoms with E-state index in [1.807, 2.05) is 30.0 Å². The molecular formula is C14H15NS. The molecule has 0 bridgehead atoms. The monoisotopic (exact) mass is 229 g/mol. The van der Waals surface area contributed by atoms with Crippen molar-refractivity contribution in [3.63, 3.8) is 0 Å². The minimum atomic E-state index is 0.881. The van der Waals surface area contributed by atoms with Crippen molar-refractivity contribution < 1.29 is 0 Å². The van der Waals surface area contributed by atoms with Gasteiger partial charge in [-0.3, -0.25) is 0 Å². The van der Waals surface area contributed by atoms with Crippen molar-refractivity contribution in [1.82, 2.24) is 0 Å². The van der Waals surface area contributed by atoms with E-state index in [-0.39, 0.29) is 0 Å². The molecule has 82 valence electrons. The second-order valence-electron chi connectivity index (χ2n) is 3.73. The Hall–Kier alpha value is -1.41. The average molecular weight is 229 g/mol. The van der Waals surface area contributed by atoms with Crippen LogP contribution in [0.5, 0.6) is 0 Å². The van der Waals surface area contributed by atoms with E-state index in [1.165, 1.54) is 16.0 Å². The quantitative estimate of drug-likeness (QED) is 0.638. The molecule has 2 rings (SSSR count). The summed E-state index contributed by atoms with van der Waals surface area (Å²) in [6.45, 7) is 2.08. The number of anilines is 1. The van der Waals surface area contributed by atoms with Crippen LogP contribution < -0.4 is 5.73 Å². The third-order valence-electron chi connectivity index (χ3n) is 2.63. The van der Waals surface area contributed by atoms with Gasteiger partial charge in [-0.2, -0.15) is 0 Å². The van der Waals surface area contributed by atoms with Crippen molar-refractivity contribution in [2.24, 2.45) is 0 Å². The second-order valence-corrected chi connectivity index (χ2v) is 4.78. The molecule has 0 aromatic heterocycles. The van der Waals surface area contributed by atoms with Crippen LogP contribution >= 0.6 is 11.8 Å². The largest absolute Gasteiger partial charge is 0.399 e. The van der Waals surface area contributed by atoms with Gasteiger partial charge >= 0.3 is 0 Å². The Labute approximate surface area is 101 Å². The van der Waals surface area contributed by atoms with Crippen LogP contribution in [0.1, 0.15) is 11.1 Å². The van der Waals surface area contributed by atoms with Crippen molar-refractivity contribution in [2.75, 3.05) is 5.73 Å². The van der Waals surface area contributed by atoms with E-state index in [4.69, 9.17) is 5.73 Å². The summed E-state index contributed by atoms with van der Waals surface area (Å²) in [5, 5.41) is 0. The number of hydrogen-bond acceptors (Lipinski definition) is 2. The number of nitrogen functional groups attached to an aromatic ring is 1. The van der Waals surface area contributed by atoms with Gasteiger partial charge < -0.3 is 5.73 Å². The first-order valence-corrected chi connectivity index (χ1v) is 6.28. The highest BCUT2D eigenvalue weighted by Crippen LogP contribution is 2.25. The standard InChI is InChI=1S/C14H15NS/c1-11-12(6-5-9-14(11)15)10-16-13-7-3-2-4-8-13/h2-9H,10,15H2,1H3. The summed E-state index contributed by atoms with van der Waals surface area (Å²) in [7, 11) is 0. The fraction of sp³-hybridized carbons (Fsp3) is 0.143. The number of hydrogen-bond donors (Lipinski definition) is 1. The highest BCUT2D eigenvalue weighted by atomic mass is 32.2. The van der Waals surface area contributed by atoms with E-state index in [2.05, 4.69) is 37.3 Å². The van der Waals surface area contributed by atoms with Crippen LogP contribution in [0.3, 0.4) is 0 Å². The van der Waals surface area contributed by atoms with Crippen molar-refractivity contribution in [3.05, 3.63) is 59.7 Å². The van der Waals surface area contributed by atoms with E-state index < -0.39 is 0 Å². The Balaban J connectivity index is 2.08. The van der Waals surface area contributed by atoms with Crippen molar-refractivity contribution in [2.45, 2.75) is 17.6 Å². The van der Waals surface area contributed by atoms with E-state index in [9.17, 15) is 0 Å². The lowest BCUT2D eigenvalue weighted by Gasteiger charge is -2.07.